The maximum atomic E-state index is 12.9. The molecule has 0 saturated heterocycles. The summed E-state index contributed by atoms with van der Waals surface area (Å²) in [5, 5.41) is 8.40. The molecule has 0 aliphatic carbocycles. The Morgan fingerprint density at radius 1 is 1.58 bits per heavy atom. The molecule has 12 heavy (non-hydrogen) atoms. The molecule has 0 spiro atoms. The van der Waals surface area contributed by atoms with E-state index < -0.39 is 5.82 Å². The number of hydrogen-bond acceptors (Lipinski definition) is 2. The molecule has 0 heterocycles. The van der Waals surface area contributed by atoms with Crippen LogP contribution in [0, 0.1) is 17.1 Å². The summed E-state index contributed by atoms with van der Waals surface area (Å²) in [5.41, 5.74) is 0.589. The van der Waals surface area contributed by atoms with Gasteiger partial charge in [-0.2, -0.15) is 5.26 Å². The lowest BCUT2D eigenvalue weighted by atomic mass is 10.1. The zero-order valence-electron chi connectivity index (χ0n) is 6.25. The first-order chi connectivity index (χ1) is 5.77. The second-order valence-corrected chi connectivity index (χ2v) is 2.29. The second-order valence-electron chi connectivity index (χ2n) is 2.29. The molecule has 0 fully saturated rings. The van der Waals surface area contributed by atoms with Crippen molar-refractivity contribution in [3.63, 3.8) is 0 Å². The van der Waals surface area contributed by atoms with Crippen LogP contribution in [0.2, 0.25) is 0 Å². The van der Waals surface area contributed by atoms with Crippen LogP contribution in [-0.4, -0.2) is 6.29 Å². The summed E-state index contributed by atoms with van der Waals surface area (Å²) < 4.78 is 12.9. The van der Waals surface area contributed by atoms with Crippen LogP contribution in [0.15, 0.2) is 18.2 Å². The van der Waals surface area contributed by atoms with E-state index in [0.29, 0.717) is 11.8 Å². The molecule has 1 aromatic carbocycles. The molecule has 3 heteroatoms. The Kier molecular flexibility index (Phi) is 2.54. The van der Waals surface area contributed by atoms with E-state index >= 15 is 0 Å². The van der Waals surface area contributed by atoms with Crippen LogP contribution in [0.3, 0.4) is 0 Å². The zero-order chi connectivity index (χ0) is 8.97. The van der Waals surface area contributed by atoms with Crippen molar-refractivity contribution in [1.29, 1.82) is 5.26 Å². The minimum absolute atomic E-state index is 0.0531. The lowest BCUT2D eigenvalue weighted by Crippen LogP contribution is -1.91. The van der Waals surface area contributed by atoms with Crippen molar-refractivity contribution in [2.24, 2.45) is 0 Å². The number of carbonyl (C=O) groups is 1. The summed E-state index contributed by atoms with van der Waals surface area (Å²) in [5.74, 6) is -0.499. The summed E-state index contributed by atoms with van der Waals surface area (Å²) in [6, 6.07) is 5.87. The lowest BCUT2D eigenvalue weighted by Gasteiger charge is -1.96. The molecule has 0 saturated carbocycles. The fourth-order valence-corrected chi connectivity index (χ4v) is 0.872. The maximum absolute atomic E-state index is 12.9. The van der Waals surface area contributed by atoms with Gasteiger partial charge in [-0.05, 0) is 17.7 Å². The highest BCUT2D eigenvalue weighted by molar-refractivity contribution is 5.55. The SMILES string of the molecule is N#Cc1ccc(CC=O)c(F)c1. The van der Waals surface area contributed by atoms with E-state index in [0.717, 1.165) is 6.07 Å². The van der Waals surface area contributed by atoms with Crippen molar-refractivity contribution < 1.29 is 9.18 Å². The fraction of sp³-hybridized carbons (Fsp3) is 0.111. The molecule has 0 aliphatic heterocycles. The van der Waals surface area contributed by atoms with Crippen molar-refractivity contribution in [3.05, 3.63) is 35.1 Å². The van der Waals surface area contributed by atoms with Gasteiger partial charge in [0.2, 0.25) is 0 Å². The zero-order valence-corrected chi connectivity index (χ0v) is 6.25. The first-order valence-corrected chi connectivity index (χ1v) is 3.40. The number of carbonyl (C=O) groups excluding carboxylic acids is 1. The lowest BCUT2D eigenvalue weighted by molar-refractivity contribution is -0.107. The van der Waals surface area contributed by atoms with Crippen LogP contribution in [-0.2, 0) is 11.2 Å². The van der Waals surface area contributed by atoms with Gasteiger partial charge in [-0.1, -0.05) is 6.07 Å². The van der Waals surface area contributed by atoms with Crippen LogP contribution >= 0.6 is 0 Å². The Hall–Kier alpha value is -1.69. The predicted molar refractivity (Wildman–Crippen MR) is 40.9 cm³/mol. The van der Waals surface area contributed by atoms with Gasteiger partial charge in [0.25, 0.3) is 0 Å². The van der Waals surface area contributed by atoms with Crippen LogP contribution in [0.5, 0.6) is 0 Å². The van der Waals surface area contributed by atoms with Crippen LogP contribution in [0.25, 0.3) is 0 Å². The minimum atomic E-state index is -0.499. The number of aldehydes is 1. The summed E-state index contributed by atoms with van der Waals surface area (Å²) in [6.45, 7) is 0. The van der Waals surface area contributed by atoms with E-state index in [1.807, 2.05) is 6.07 Å². The van der Waals surface area contributed by atoms with Gasteiger partial charge >= 0.3 is 0 Å². The van der Waals surface area contributed by atoms with Crippen LogP contribution in [0.1, 0.15) is 11.1 Å². The third-order valence-electron chi connectivity index (χ3n) is 1.49. The van der Waals surface area contributed by atoms with Gasteiger partial charge in [0.05, 0.1) is 11.6 Å². The monoisotopic (exact) mass is 163 g/mol. The van der Waals surface area contributed by atoms with Crippen molar-refractivity contribution in [1.82, 2.24) is 0 Å². The molecule has 0 amide bonds. The standard InChI is InChI=1S/C9H6FNO/c10-9-5-7(6-11)1-2-8(9)3-4-12/h1-2,4-5H,3H2. The van der Waals surface area contributed by atoms with Gasteiger partial charge in [0.15, 0.2) is 0 Å². The van der Waals surface area contributed by atoms with E-state index in [2.05, 4.69) is 0 Å². The third kappa shape index (κ3) is 1.67. The average Bonchev–Trinajstić information content (AvgIpc) is 2.09. The number of nitrogens with zero attached hydrogens (tertiary/aromatic N) is 1. The van der Waals surface area contributed by atoms with Crippen molar-refractivity contribution in [2.75, 3.05) is 0 Å². The summed E-state index contributed by atoms with van der Waals surface area (Å²) in [6.07, 6.45) is 0.683. The molecule has 0 aromatic heterocycles. The fourth-order valence-electron chi connectivity index (χ4n) is 0.872. The maximum Gasteiger partial charge on any atom is 0.128 e. The summed E-state index contributed by atoms with van der Waals surface area (Å²) in [4.78, 5) is 10.0. The van der Waals surface area contributed by atoms with Gasteiger partial charge < -0.3 is 4.79 Å². The molecule has 0 aliphatic rings. The van der Waals surface area contributed by atoms with Crippen LogP contribution in [0.4, 0.5) is 4.39 Å². The molecule has 0 N–H and O–H groups in total. The Morgan fingerprint density at radius 3 is 2.83 bits per heavy atom. The highest BCUT2D eigenvalue weighted by Crippen LogP contribution is 2.09. The molecule has 0 unspecified atom stereocenters. The number of rotatable bonds is 2. The van der Waals surface area contributed by atoms with Crippen LogP contribution < -0.4 is 0 Å². The first kappa shape index (κ1) is 8.41. The number of hydrogen-bond donors (Lipinski definition) is 0. The van der Waals surface area contributed by atoms with Crippen molar-refractivity contribution in [3.8, 4) is 6.07 Å². The number of halogens is 1. The topological polar surface area (TPSA) is 40.9 Å². The summed E-state index contributed by atoms with van der Waals surface area (Å²) >= 11 is 0. The molecular weight excluding hydrogens is 157 g/mol. The molecule has 1 aromatic rings. The molecule has 0 atom stereocenters. The highest BCUT2D eigenvalue weighted by atomic mass is 19.1. The van der Waals surface area contributed by atoms with Gasteiger partial charge in [-0.3, -0.25) is 0 Å². The average molecular weight is 163 g/mol. The minimum Gasteiger partial charge on any atom is -0.303 e. The quantitative estimate of drug-likeness (QED) is 0.619. The summed E-state index contributed by atoms with van der Waals surface area (Å²) in [7, 11) is 0. The van der Waals surface area contributed by atoms with Gasteiger partial charge in [-0.15, -0.1) is 0 Å². The molecule has 2 nitrogen and oxygen atoms in total. The molecule has 0 bridgehead atoms. The smallest absolute Gasteiger partial charge is 0.128 e. The Morgan fingerprint density at radius 2 is 2.33 bits per heavy atom. The number of nitriles is 1. The van der Waals surface area contributed by atoms with E-state index in [9.17, 15) is 9.18 Å². The molecule has 1 rings (SSSR count). The highest BCUT2D eigenvalue weighted by Gasteiger charge is 2.01. The Balaban J connectivity index is 3.04. The normalized spacial score (nSPS) is 9.00. The second kappa shape index (κ2) is 3.63. The number of benzene rings is 1. The van der Waals surface area contributed by atoms with Gasteiger partial charge in [0.1, 0.15) is 12.1 Å². The van der Waals surface area contributed by atoms with E-state index in [4.69, 9.17) is 5.26 Å². The van der Waals surface area contributed by atoms with Gasteiger partial charge in [0, 0.05) is 6.42 Å². The molecule has 60 valence electrons. The first-order valence-electron chi connectivity index (χ1n) is 3.40. The molecule has 0 radical (unpaired) electrons. The predicted octanol–water partition coefficient (Wildman–Crippen LogP) is 1.44. The van der Waals surface area contributed by atoms with Crippen molar-refractivity contribution in [2.45, 2.75) is 6.42 Å². The largest absolute Gasteiger partial charge is 0.303 e. The third-order valence-corrected chi connectivity index (χ3v) is 1.49. The van der Waals surface area contributed by atoms with Crippen molar-refractivity contribution >= 4 is 6.29 Å². The van der Waals surface area contributed by atoms with E-state index in [-0.39, 0.29) is 12.0 Å². The van der Waals surface area contributed by atoms with E-state index in [1.165, 1.54) is 12.1 Å². The van der Waals surface area contributed by atoms with E-state index in [1.54, 1.807) is 0 Å². The Labute approximate surface area is 69.2 Å². The Bertz CT molecular complexity index is 341. The molecular formula is C9H6FNO. The van der Waals surface area contributed by atoms with Gasteiger partial charge in [-0.25, -0.2) is 4.39 Å².